The van der Waals surface area contributed by atoms with E-state index in [2.05, 4.69) is 0 Å². The van der Waals surface area contributed by atoms with E-state index in [1.54, 1.807) is 6.92 Å². The lowest BCUT2D eigenvalue weighted by molar-refractivity contribution is -0.136. The Morgan fingerprint density at radius 1 is 1.17 bits per heavy atom. The molecule has 0 aliphatic rings. The number of carboxylic acids is 1. The quantitative estimate of drug-likeness (QED) is 0.590. The van der Waals surface area contributed by atoms with E-state index in [9.17, 15) is 4.79 Å². The van der Waals surface area contributed by atoms with Gasteiger partial charge >= 0.3 is 14.8 Å². The molecule has 0 aromatic rings. The van der Waals surface area contributed by atoms with Crippen LogP contribution >= 0.6 is 11.8 Å². The maximum atomic E-state index is 10.7. The van der Waals surface area contributed by atoms with Crippen molar-refractivity contribution < 1.29 is 23.2 Å². The van der Waals surface area contributed by atoms with Gasteiger partial charge in [0.15, 0.2) is 0 Å². The van der Waals surface area contributed by atoms with Crippen molar-refractivity contribution in [2.75, 3.05) is 25.6 Å². The topological polar surface area (TPSA) is 65.0 Å². The molecule has 0 radical (unpaired) electrons. The summed E-state index contributed by atoms with van der Waals surface area (Å²) in [7, 11) is -2.61. The van der Waals surface area contributed by atoms with Crippen molar-refractivity contribution in [1.29, 1.82) is 0 Å². The summed E-state index contributed by atoms with van der Waals surface area (Å²) in [6.45, 7) is 9.05. The Morgan fingerprint density at radius 3 is 1.94 bits per heavy atom. The molecule has 0 saturated heterocycles. The predicted octanol–water partition coefficient (Wildman–Crippen LogP) is 2.24. The lowest BCUT2D eigenvalue weighted by Gasteiger charge is -2.28. The summed E-state index contributed by atoms with van der Waals surface area (Å²) in [6.07, 6.45) is 0. The molecule has 0 rings (SSSR count). The summed E-state index contributed by atoms with van der Waals surface area (Å²) >= 11 is 1.38. The monoisotopic (exact) mass is 296 g/mol. The number of aliphatic carboxylic acids is 1. The summed E-state index contributed by atoms with van der Waals surface area (Å²) < 4.78 is 17.1. The second-order valence-electron chi connectivity index (χ2n) is 3.58. The van der Waals surface area contributed by atoms with Gasteiger partial charge in [0.05, 0.1) is 5.25 Å². The second kappa shape index (κ2) is 9.80. The number of hydrogen-bond donors (Lipinski definition) is 1. The number of carbonyl (C=O) groups is 1. The molecule has 7 heteroatoms. The molecule has 0 spiro atoms. The summed E-state index contributed by atoms with van der Waals surface area (Å²) in [6, 6.07) is 0.644. The van der Waals surface area contributed by atoms with Crippen molar-refractivity contribution in [2.24, 2.45) is 0 Å². The van der Waals surface area contributed by atoms with Crippen molar-refractivity contribution in [3.63, 3.8) is 0 Å². The third-order valence-electron chi connectivity index (χ3n) is 2.22. The molecule has 18 heavy (non-hydrogen) atoms. The molecule has 0 aromatic carbocycles. The minimum Gasteiger partial charge on any atom is -0.480 e. The summed E-state index contributed by atoms with van der Waals surface area (Å²) in [5, 5.41) is 8.40. The van der Waals surface area contributed by atoms with Crippen LogP contribution in [0, 0.1) is 0 Å². The SMILES string of the molecule is CCO[Si](CCSC(C)C(=O)O)(OCC)OCC. The highest BCUT2D eigenvalue weighted by molar-refractivity contribution is 8.00. The predicted molar refractivity (Wildman–Crippen MR) is 75.0 cm³/mol. The Labute approximate surface area is 115 Å². The average molecular weight is 296 g/mol. The van der Waals surface area contributed by atoms with Crippen LogP contribution in [-0.2, 0) is 18.1 Å². The average Bonchev–Trinajstić information content (AvgIpc) is 2.29. The summed E-state index contributed by atoms with van der Waals surface area (Å²) in [5.74, 6) is -0.129. The number of rotatable bonds is 11. The molecule has 1 N–H and O–H groups in total. The van der Waals surface area contributed by atoms with Gasteiger partial charge in [-0.3, -0.25) is 4.79 Å². The third kappa shape index (κ3) is 6.74. The van der Waals surface area contributed by atoms with Gasteiger partial charge in [-0.15, -0.1) is 11.8 Å². The zero-order valence-electron chi connectivity index (χ0n) is 11.6. The molecule has 0 bridgehead atoms. The van der Waals surface area contributed by atoms with Gasteiger partial charge in [0.2, 0.25) is 0 Å². The van der Waals surface area contributed by atoms with Gasteiger partial charge in [0, 0.05) is 25.9 Å². The molecule has 0 aliphatic heterocycles. The van der Waals surface area contributed by atoms with Crippen LogP contribution in [0.5, 0.6) is 0 Å². The molecule has 0 amide bonds. The Hall–Kier alpha value is -0.0831. The van der Waals surface area contributed by atoms with Crippen LogP contribution < -0.4 is 0 Å². The first-order chi connectivity index (χ1) is 8.51. The van der Waals surface area contributed by atoms with Crippen molar-refractivity contribution >= 4 is 26.5 Å². The van der Waals surface area contributed by atoms with Gasteiger partial charge in [-0.1, -0.05) is 0 Å². The minimum absolute atomic E-state index is 0.415. The van der Waals surface area contributed by atoms with Gasteiger partial charge in [0.1, 0.15) is 0 Å². The maximum absolute atomic E-state index is 10.7. The Kier molecular flexibility index (Phi) is 9.75. The van der Waals surface area contributed by atoms with Crippen LogP contribution in [0.3, 0.4) is 0 Å². The summed E-state index contributed by atoms with van der Waals surface area (Å²) in [4.78, 5) is 10.7. The van der Waals surface area contributed by atoms with Crippen molar-refractivity contribution in [2.45, 2.75) is 39.0 Å². The van der Waals surface area contributed by atoms with Crippen LogP contribution in [0.2, 0.25) is 6.04 Å². The van der Waals surface area contributed by atoms with E-state index >= 15 is 0 Å². The molecule has 5 nitrogen and oxygen atoms in total. The van der Waals surface area contributed by atoms with E-state index in [0.29, 0.717) is 31.6 Å². The van der Waals surface area contributed by atoms with Gasteiger partial charge in [0.25, 0.3) is 0 Å². The smallest absolute Gasteiger partial charge is 0.480 e. The van der Waals surface area contributed by atoms with Gasteiger partial charge < -0.3 is 18.4 Å². The fourth-order valence-corrected chi connectivity index (χ4v) is 5.40. The van der Waals surface area contributed by atoms with E-state index in [1.807, 2.05) is 20.8 Å². The van der Waals surface area contributed by atoms with E-state index < -0.39 is 20.0 Å². The van der Waals surface area contributed by atoms with Crippen LogP contribution in [0.25, 0.3) is 0 Å². The first-order valence-electron chi connectivity index (χ1n) is 6.27. The maximum Gasteiger partial charge on any atom is 0.501 e. The fourth-order valence-electron chi connectivity index (χ4n) is 1.43. The van der Waals surface area contributed by atoms with E-state index in [-0.39, 0.29) is 0 Å². The van der Waals surface area contributed by atoms with Crippen molar-refractivity contribution in [1.82, 2.24) is 0 Å². The van der Waals surface area contributed by atoms with E-state index in [1.165, 1.54) is 11.8 Å². The standard InChI is InChI=1S/C11H24O5SSi/c1-5-14-18(15-6-2,16-7-3)9-8-17-10(4)11(12)13/h10H,5-9H2,1-4H3,(H,12,13). The lowest BCUT2D eigenvalue weighted by atomic mass is 10.5. The van der Waals surface area contributed by atoms with Crippen molar-refractivity contribution in [3.8, 4) is 0 Å². The summed E-state index contributed by atoms with van der Waals surface area (Å²) in [5.41, 5.74) is 0. The van der Waals surface area contributed by atoms with E-state index in [0.717, 1.165) is 0 Å². The molecule has 1 atom stereocenters. The highest BCUT2D eigenvalue weighted by Gasteiger charge is 2.40. The molecule has 0 fully saturated rings. The van der Waals surface area contributed by atoms with Crippen LogP contribution in [0.15, 0.2) is 0 Å². The zero-order chi connectivity index (χ0) is 14.0. The van der Waals surface area contributed by atoms with Gasteiger partial charge in [-0.25, -0.2) is 0 Å². The zero-order valence-corrected chi connectivity index (χ0v) is 13.4. The van der Waals surface area contributed by atoms with Gasteiger partial charge in [-0.2, -0.15) is 0 Å². The number of thioether (sulfide) groups is 1. The first kappa shape index (κ1) is 17.9. The Bertz CT molecular complexity index is 222. The number of carboxylic acid groups (broad SMARTS) is 1. The van der Waals surface area contributed by atoms with Crippen LogP contribution in [-0.4, -0.2) is 50.7 Å². The first-order valence-corrected chi connectivity index (χ1v) is 9.25. The Balaban J connectivity index is 4.33. The minimum atomic E-state index is -2.61. The second-order valence-corrected chi connectivity index (χ2v) is 7.76. The molecule has 0 saturated carbocycles. The number of hydrogen-bond acceptors (Lipinski definition) is 5. The molecule has 1 unspecified atom stereocenters. The van der Waals surface area contributed by atoms with Crippen LogP contribution in [0.1, 0.15) is 27.7 Å². The molecule has 108 valence electrons. The highest BCUT2D eigenvalue weighted by Crippen LogP contribution is 2.21. The van der Waals surface area contributed by atoms with Crippen LogP contribution in [0.4, 0.5) is 0 Å². The molecular formula is C11H24O5SSi. The lowest BCUT2D eigenvalue weighted by Crippen LogP contribution is -2.46. The molecular weight excluding hydrogens is 272 g/mol. The van der Waals surface area contributed by atoms with E-state index in [4.69, 9.17) is 18.4 Å². The molecule has 0 heterocycles. The highest BCUT2D eigenvalue weighted by atomic mass is 32.2. The third-order valence-corrected chi connectivity index (χ3v) is 6.77. The normalized spacial score (nSPS) is 13.6. The molecule has 0 aromatic heterocycles. The Morgan fingerprint density at radius 2 is 1.61 bits per heavy atom. The van der Waals surface area contributed by atoms with Crippen molar-refractivity contribution in [3.05, 3.63) is 0 Å². The van der Waals surface area contributed by atoms with Gasteiger partial charge in [-0.05, 0) is 33.4 Å². The fraction of sp³-hybridized carbons (Fsp3) is 0.909. The molecule has 0 aliphatic carbocycles. The largest absolute Gasteiger partial charge is 0.501 e.